The minimum Gasteiger partial charge on any atom is -0.444 e. The van der Waals surface area contributed by atoms with Crippen LogP contribution in [0.15, 0.2) is 30.3 Å². The highest BCUT2D eigenvalue weighted by Gasteiger charge is 2.64. The van der Waals surface area contributed by atoms with Crippen molar-refractivity contribution < 1.29 is 14.3 Å². The van der Waals surface area contributed by atoms with Gasteiger partial charge in [-0.3, -0.25) is 9.69 Å². The largest absolute Gasteiger partial charge is 0.444 e. The lowest BCUT2D eigenvalue weighted by Crippen LogP contribution is -2.60. The van der Waals surface area contributed by atoms with Gasteiger partial charge in [-0.25, -0.2) is 4.79 Å². The van der Waals surface area contributed by atoms with Crippen LogP contribution >= 0.6 is 0 Å². The number of ketones is 1. The van der Waals surface area contributed by atoms with E-state index < -0.39 is 0 Å². The first-order valence-corrected chi connectivity index (χ1v) is 12.9. The summed E-state index contributed by atoms with van der Waals surface area (Å²) in [5, 5.41) is 0. The number of rotatable bonds is 2. The van der Waals surface area contributed by atoms with E-state index in [0.29, 0.717) is 23.5 Å². The fourth-order valence-corrected chi connectivity index (χ4v) is 9.62. The quantitative estimate of drug-likeness (QED) is 0.552. The van der Waals surface area contributed by atoms with Crippen molar-refractivity contribution in [2.45, 2.75) is 84.3 Å². The Labute approximate surface area is 192 Å². The van der Waals surface area contributed by atoms with Crippen LogP contribution < -0.4 is 4.90 Å². The fourth-order valence-electron chi connectivity index (χ4n) is 9.62. The van der Waals surface area contributed by atoms with E-state index in [2.05, 4.69) is 13.8 Å². The maximum Gasteiger partial charge on any atom is 0.415 e. The molecule has 1 amide bonds. The molecule has 1 unspecified atom stereocenters. The van der Waals surface area contributed by atoms with Crippen molar-refractivity contribution in [2.75, 3.05) is 4.90 Å². The van der Waals surface area contributed by atoms with E-state index in [9.17, 15) is 9.59 Å². The average Bonchev–Trinajstić information content (AvgIpc) is 3.30. The third kappa shape index (κ3) is 2.67. The molecular weight excluding hydrogens is 398 g/mol. The lowest BCUT2D eigenvalue weighted by atomic mass is 9.44. The van der Waals surface area contributed by atoms with E-state index in [4.69, 9.17) is 4.74 Å². The van der Waals surface area contributed by atoms with Crippen LogP contribution in [0, 0.1) is 40.4 Å². The molecule has 9 atom stereocenters. The molecule has 1 heterocycles. The highest BCUT2D eigenvalue weighted by atomic mass is 16.6. The first kappa shape index (κ1) is 20.7. The summed E-state index contributed by atoms with van der Waals surface area (Å²) < 4.78 is 5.94. The average molecular weight is 436 g/mol. The van der Waals surface area contributed by atoms with Crippen molar-refractivity contribution in [2.24, 2.45) is 40.4 Å². The Hall–Kier alpha value is -1.84. The predicted octanol–water partition coefficient (Wildman–Crippen LogP) is 6.24. The molecule has 6 rings (SSSR count). The molecule has 4 aliphatic carbocycles. The molecule has 1 aromatic carbocycles. The summed E-state index contributed by atoms with van der Waals surface area (Å²) >= 11 is 0. The van der Waals surface area contributed by atoms with Crippen molar-refractivity contribution in [3.63, 3.8) is 0 Å². The highest BCUT2D eigenvalue weighted by molar-refractivity contribution is 5.91. The summed E-state index contributed by atoms with van der Waals surface area (Å²) in [6, 6.07) is 10.3. The topological polar surface area (TPSA) is 46.6 Å². The van der Waals surface area contributed by atoms with Gasteiger partial charge < -0.3 is 4.74 Å². The highest BCUT2D eigenvalue weighted by Crippen LogP contribution is 2.68. The standard InChI is InChI=1S/C28H37NO3/c1-17(30)20-11-12-21-19-9-10-23-25-24(32-26(31)29(25)18-7-5-4-6-8-18)14-16-28(23,3)22(19)13-15-27(20,21)2/h4-8,19-25H,9-16H2,1-3H3/t19-,20+,21-,22-,23-,24-,25?,27+,28+/m0/s1. The summed E-state index contributed by atoms with van der Waals surface area (Å²) in [6.45, 7) is 6.79. The Balaban J connectivity index is 1.33. The second-order valence-electron chi connectivity index (χ2n) is 12.0. The number of para-hydroxylation sites is 1. The molecule has 5 aliphatic rings. The minimum absolute atomic E-state index is 0.0276. The third-order valence-corrected chi connectivity index (χ3v) is 11.0. The number of carbonyl (C=O) groups is 2. The van der Waals surface area contributed by atoms with Crippen molar-refractivity contribution in [1.29, 1.82) is 0 Å². The van der Waals surface area contributed by atoms with Crippen LogP contribution in [0.3, 0.4) is 0 Å². The lowest BCUT2D eigenvalue weighted by molar-refractivity contribution is -0.138. The van der Waals surface area contributed by atoms with Crippen LogP contribution in [0.1, 0.15) is 72.1 Å². The summed E-state index contributed by atoms with van der Waals surface area (Å²) in [7, 11) is 0. The van der Waals surface area contributed by atoms with Crippen LogP contribution in [-0.2, 0) is 9.53 Å². The van der Waals surface area contributed by atoms with Crippen LogP contribution in [0.2, 0.25) is 0 Å². The zero-order chi connectivity index (χ0) is 22.3. The van der Waals surface area contributed by atoms with Gasteiger partial charge in [-0.2, -0.15) is 0 Å². The van der Waals surface area contributed by atoms with E-state index in [1.54, 1.807) is 0 Å². The number of Topliss-reactive ketones (excluding diaryl/α,β-unsaturated/α-hetero) is 1. The summed E-state index contributed by atoms with van der Waals surface area (Å²) in [6.07, 6.45) is 9.19. The number of hydrogen-bond acceptors (Lipinski definition) is 3. The van der Waals surface area contributed by atoms with Crippen molar-refractivity contribution in [3.05, 3.63) is 30.3 Å². The van der Waals surface area contributed by atoms with Crippen LogP contribution in [0.5, 0.6) is 0 Å². The number of carbonyl (C=O) groups excluding carboxylic acids is 2. The van der Waals surface area contributed by atoms with Crippen LogP contribution in [0.25, 0.3) is 0 Å². The molecule has 4 heteroatoms. The molecule has 0 spiro atoms. The lowest BCUT2D eigenvalue weighted by Gasteiger charge is -2.62. The predicted molar refractivity (Wildman–Crippen MR) is 124 cm³/mol. The van der Waals surface area contributed by atoms with Crippen molar-refractivity contribution >= 4 is 17.6 Å². The van der Waals surface area contributed by atoms with E-state index >= 15 is 0 Å². The van der Waals surface area contributed by atoms with Gasteiger partial charge in [0.15, 0.2) is 0 Å². The number of ether oxygens (including phenoxy) is 1. The minimum atomic E-state index is -0.158. The first-order chi connectivity index (χ1) is 15.3. The van der Waals surface area contributed by atoms with Gasteiger partial charge in [-0.15, -0.1) is 0 Å². The molecular formula is C28H37NO3. The molecule has 4 nitrogen and oxygen atoms in total. The van der Waals surface area contributed by atoms with Gasteiger partial charge in [-0.05, 0) is 105 Å². The number of benzene rings is 1. The Morgan fingerprint density at radius 2 is 1.59 bits per heavy atom. The monoisotopic (exact) mass is 435 g/mol. The van der Waals surface area contributed by atoms with Gasteiger partial charge in [0.05, 0.1) is 6.04 Å². The molecule has 1 saturated heterocycles. The molecule has 0 bridgehead atoms. The van der Waals surface area contributed by atoms with Crippen molar-refractivity contribution in [3.8, 4) is 0 Å². The second-order valence-corrected chi connectivity index (χ2v) is 12.0. The molecule has 0 radical (unpaired) electrons. The summed E-state index contributed by atoms with van der Waals surface area (Å²) in [5.41, 5.74) is 1.43. The van der Waals surface area contributed by atoms with Gasteiger partial charge >= 0.3 is 6.09 Å². The number of nitrogens with zero attached hydrogens (tertiary/aromatic N) is 1. The fraction of sp³-hybridized carbons (Fsp3) is 0.714. The maximum atomic E-state index is 13.0. The van der Waals surface area contributed by atoms with Gasteiger partial charge in [0, 0.05) is 11.6 Å². The molecule has 1 aliphatic heterocycles. The van der Waals surface area contributed by atoms with Gasteiger partial charge in [0.1, 0.15) is 11.9 Å². The van der Waals surface area contributed by atoms with Gasteiger partial charge in [0.25, 0.3) is 0 Å². The van der Waals surface area contributed by atoms with Gasteiger partial charge in [0.2, 0.25) is 0 Å². The van der Waals surface area contributed by atoms with Gasteiger partial charge in [-0.1, -0.05) is 32.0 Å². The maximum absolute atomic E-state index is 13.0. The van der Waals surface area contributed by atoms with E-state index in [0.717, 1.165) is 30.9 Å². The second kappa shape index (κ2) is 7.08. The summed E-state index contributed by atoms with van der Waals surface area (Å²) in [4.78, 5) is 27.4. The summed E-state index contributed by atoms with van der Waals surface area (Å²) in [5.74, 6) is 3.30. The molecule has 1 aromatic rings. The van der Waals surface area contributed by atoms with Crippen LogP contribution in [0.4, 0.5) is 10.5 Å². The van der Waals surface area contributed by atoms with Crippen molar-refractivity contribution in [1.82, 2.24) is 0 Å². The molecule has 4 saturated carbocycles. The Bertz CT molecular complexity index is 930. The van der Waals surface area contributed by atoms with E-state index in [1.807, 2.05) is 42.2 Å². The zero-order valence-electron chi connectivity index (χ0n) is 19.8. The molecule has 32 heavy (non-hydrogen) atoms. The molecule has 172 valence electrons. The van der Waals surface area contributed by atoms with E-state index in [1.165, 1.54) is 32.1 Å². The molecule has 0 aromatic heterocycles. The normalized spacial score (nSPS) is 47.2. The first-order valence-electron chi connectivity index (χ1n) is 12.9. The Morgan fingerprint density at radius 1 is 0.906 bits per heavy atom. The SMILES string of the molecule is CC(=O)[C@H]1CC[C@H]2[C@@H]3CC[C@H]4C5[C@H](CC[C@]4(C)[C@H]3CC[C@]12C)OC(=O)N5c1ccccc1. The third-order valence-electron chi connectivity index (χ3n) is 11.0. The van der Waals surface area contributed by atoms with E-state index in [-0.39, 0.29) is 35.0 Å². The zero-order valence-corrected chi connectivity index (χ0v) is 19.8. The van der Waals surface area contributed by atoms with Crippen LogP contribution in [-0.4, -0.2) is 24.0 Å². The number of amides is 1. The number of fused-ring (bicyclic) bond motifs is 7. The molecule has 5 fully saturated rings. The Kier molecular flexibility index (Phi) is 4.59. The smallest absolute Gasteiger partial charge is 0.415 e. The number of hydrogen-bond donors (Lipinski definition) is 0. The molecule has 0 N–H and O–H groups in total. The Morgan fingerprint density at radius 3 is 2.34 bits per heavy atom. The number of anilines is 1.